The highest BCUT2D eigenvalue weighted by Crippen LogP contribution is 2.30. The van der Waals surface area contributed by atoms with E-state index in [2.05, 4.69) is 44.2 Å². The van der Waals surface area contributed by atoms with Crippen molar-refractivity contribution in [3.63, 3.8) is 0 Å². The molecule has 0 fully saturated rings. The van der Waals surface area contributed by atoms with Gasteiger partial charge in [0.05, 0.1) is 11.2 Å². The van der Waals surface area contributed by atoms with Gasteiger partial charge in [-0.05, 0) is 61.0 Å². The minimum atomic E-state index is -0.449. The van der Waals surface area contributed by atoms with Gasteiger partial charge in [-0.25, -0.2) is 4.98 Å². The number of carbonyl (C=O) groups is 1. The molecule has 25 heavy (non-hydrogen) atoms. The molecule has 0 aliphatic carbocycles. The van der Waals surface area contributed by atoms with E-state index in [0.29, 0.717) is 11.5 Å². The Kier molecular flexibility index (Phi) is 4.91. The summed E-state index contributed by atoms with van der Waals surface area (Å²) in [5, 5.41) is 0.368. The van der Waals surface area contributed by atoms with Crippen LogP contribution in [0.2, 0.25) is 0 Å². The van der Waals surface area contributed by atoms with E-state index in [9.17, 15) is 4.79 Å². The number of hydrogen-bond donors (Lipinski definition) is 0. The summed E-state index contributed by atoms with van der Waals surface area (Å²) in [6, 6.07) is 14.3. The molecule has 0 saturated carbocycles. The summed E-state index contributed by atoms with van der Waals surface area (Å²) < 4.78 is 0. The Morgan fingerprint density at radius 2 is 1.80 bits per heavy atom. The average molecular weight is 352 g/mol. The number of nitrogens with zero attached hydrogens (tertiary/aromatic N) is 1. The van der Waals surface area contributed by atoms with Crippen LogP contribution < -0.4 is 0 Å². The van der Waals surface area contributed by atoms with Crippen molar-refractivity contribution in [2.75, 3.05) is 0 Å². The zero-order valence-corrected chi connectivity index (χ0v) is 15.8. The van der Waals surface area contributed by atoms with Crippen molar-refractivity contribution in [2.45, 2.75) is 40.0 Å². The van der Waals surface area contributed by atoms with E-state index in [1.165, 1.54) is 5.56 Å². The average Bonchev–Trinajstić information content (AvgIpc) is 2.60. The molecule has 0 radical (unpaired) electrons. The highest BCUT2D eigenvalue weighted by molar-refractivity contribution is 6.68. The fourth-order valence-corrected chi connectivity index (χ4v) is 3.37. The summed E-state index contributed by atoms with van der Waals surface area (Å²) in [5.74, 6) is 0.531. The van der Waals surface area contributed by atoms with Crippen molar-refractivity contribution < 1.29 is 4.79 Å². The van der Waals surface area contributed by atoms with Gasteiger partial charge in [-0.2, -0.15) is 0 Å². The number of aromatic nitrogens is 1. The molecule has 0 aliphatic heterocycles. The Bertz CT molecular complexity index is 944. The molecule has 2 nitrogen and oxygen atoms in total. The van der Waals surface area contributed by atoms with Gasteiger partial charge >= 0.3 is 0 Å². The normalized spacial score (nSPS) is 12.4. The third kappa shape index (κ3) is 3.45. The molecule has 0 bridgehead atoms. The van der Waals surface area contributed by atoms with E-state index in [4.69, 9.17) is 16.6 Å². The molecule has 128 valence electrons. The predicted molar refractivity (Wildman–Crippen MR) is 106 cm³/mol. The van der Waals surface area contributed by atoms with Crippen LogP contribution in [0.25, 0.3) is 22.2 Å². The number of fused-ring (bicyclic) bond motifs is 1. The van der Waals surface area contributed by atoms with Crippen molar-refractivity contribution in [1.82, 2.24) is 4.98 Å². The number of aryl methyl sites for hydroxylation is 2. The summed E-state index contributed by atoms with van der Waals surface area (Å²) in [7, 11) is 0. The molecule has 3 rings (SSSR count). The van der Waals surface area contributed by atoms with Gasteiger partial charge in [0.2, 0.25) is 0 Å². The van der Waals surface area contributed by atoms with Gasteiger partial charge in [0.25, 0.3) is 5.24 Å². The minimum Gasteiger partial charge on any atom is -0.276 e. The number of hydrogen-bond acceptors (Lipinski definition) is 2. The van der Waals surface area contributed by atoms with Gasteiger partial charge in [0.1, 0.15) is 0 Å². The Hall–Kier alpha value is -2.19. The second-order valence-corrected chi connectivity index (χ2v) is 7.08. The maximum Gasteiger partial charge on any atom is 0.253 e. The molecule has 3 aromatic rings. The van der Waals surface area contributed by atoms with Gasteiger partial charge in [0.15, 0.2) is 0 Å². The monoisotopic (exact) mass is 351 g/mol. The van der Waals surface area contributed by atoms with Crippen LogP contribution in [-0.4, -0.2) is 10.2 Å². The lowest BCUT2D eigenvalue weighted by molar-refractivity contribution is 0.108. The topological polar surface area (TPSA) is 30.0 Å². The lowest BCUT2D eigenvalue weighted by Crippen LogP contribution is -1.98. The van der Waals surface area contributed by atoms with E-state index >= 15 is 0 Å². The molecule has 3 heteroatoms. The second-order valence-electron chi connectivity index (χ2n) is 6.74. The van der Waals surface area contributed by atoms with Gasteiger partial charge in [-0.3, -0.25) is 4.79 Å². The molecule has 0 spiro atoms. The Labute approximate surface area is 153 Å². The molecule has 0 unspecified atom stereocenters. The number of carbonyl (C=O) groups excluding carboxylic acids is 1. The van der Waals surface area contributed by atoms with Gasteiger partial charge < -0.3 is 0 Å². The molecule has 0 saturated heterocycles. The SMILES string of the molecule is CC[C@@H](C)c1ccc(-c2cc(C(=O)Cl)c3cc(C)cc(C)c3n2)cc1. The molecular weight excluding hydrogens is 330 g/mol. The zero-order valence-electron chi connectivity index (χ0n) is 15.1. The molecule has 0 amide bonds. The fraction of sp³-hybridized carbons (Fsp3) is 0.273. The highest BCUT2D eigenvalue weighted by Gasteiger charge is 2.14. The largest absolute Gasteiger partial charge is 0.276 e. The van der Waals surface area contributed by atoms with Crippen molar-refractivity contribution in [2.24, 2.45) is 0 Å². The first kappa shape index (κ1) is 17.6. The van der Waals surface area contributed by atoms with Crippen LogP contribution in [0, 0.1) is 13.8 Å². The fourth-order valence-electron chi connectivity index (χ4n) is 3.21. The van der Waals surface area contributed by atoms with Crippen LogP contribution in [0.5, 0.6) is 0 Å². The summed E-state index contributed by atoms with van der Waals surface area (Å²) >= 11 is 5.87. The van der Waals surface area contributed by atoms with Crippen molar-refractivity contribution >= 4 is 27.7 Å². The Morgan fingerprint density at radius 3 is 2.40 bits per heavy atom. The number of pyridine rings is 1. The Balaban J connectivity index is 2.18. The van der Waals surface area contributed by atoms with E-state index < -0.39 is 5.24 Å². The van der Waals surface area contributed by atoms with Gasteiger partial charge in [-0.15, -0.1) is 0 Å². The molecule has 0 N–H and O–H groups in total. The quantitative estimate of drug-likeness (QED) is 0.508. The first-order valence-corrected chi connectivity index (χ1v) is 9.00. The van der Waals surface area contributed by atoms with E-state index in [1.807, 2.05) is 19.9 Å². The zero-order chi connectivity index (χ0) is 18.1. The van der Waals surface area contributed by atoms with Crippen LogP contribution in [-0.2, 0) is 0 Å². The molecule has 1 heterocycles. The lowest BCUT2D eigenvalue weighted by Gasteiger charge is -2.12. The van der Waals surface area contributed by atoms with Gasteiger partial charge in [-0.1, -0.05) is 49.7 Å². The van der Waals surface area contributed by atoms with Crippen molar-refractivity contribution in [3.05, 3.63) is 64.7 Å². The first-order valence-electron chi connectivity index (χ1n) is 8.63. The lowest BCUT2D eigenvalue weighted by atomic mass is 9.96. The van der Waals surface area contributed by atoms with Crippen LogP contribution in [0.3, 0.4) is 0 Å². The third-order valence-electron chi connectivity index (χ3n) is 4.85. The molecule has 0 aliphatic rings. The van der Waals surface area contributed by atoms with Gasteiger partial charge in [0, 0.05) is 16.5 Å². The smallest absolute Gasteiger partial charge is 0.253 e. The van der Waals surface area contributed by atoms with Crippen molar-refractivity contribution in [3.8, 4) is 11.3 Å². The first-order chi connectivity index (χ1) is 11.9. The van der Waals surface area contributed by atoms with E-state index in [0.717, 1.165) is 39.7 Å². The number of rotatable bonds is 4. The summed E-state index contributed by atoms with van der Waals surface area (Å²) in [6.45, 7) is 8.43. The summed E-state index contributed by atoms with van der Waals surface area (Å²) in [6.07, 6.45) is 1.11. The van der Waals surface area contributed by atoms with Crippen molar-refractivity contribution in [1.29, 1.82) is 0 Å². The predicted octanol–water partition coefficient (Wildman–Crippen LogP) is 6.41. The third-order valence-corrected chi connectivity index (χ3v) is 5.05. The molecular formula is C22H22ClNO. The number of benzene rings is 2. The van der Waals surface area contributed by atoms with E-state index in [-0.39, 0.29) is 0 Å². The summed E-state index contributed by atoms with van der Waals surface area (Å²) in [5.41, 5.74) is 6.57. The van der Waals surface area contributed by atoms with Crippen LogP contribution >= 0.6 is 11.6 Å². The highest BCUT2D eigenvalue weighted by atomic mass is 35.5. The maximum atomic E-state index is 12.0. The molecule has 2 aromatic carbocycles. The van der Waals surface area contributed by atoms with E-state index in [1.54, 1.807) is 6.07 Å². The molecule has 1 atom stereocenters. The minimum absolute atomic E-state index is 0.449. The number of halogens is 1. The molecule has 1 aromatic heterocycles. The second kappa shape index (κ2) is 6.97. The maximum absolute atomic E-state index is 12.0. The Morgan fingerprint density at radius 1 is 1.12 bits per heavy atom. The summed E-state index contributed by atoms with van der Waals surface area (Å²) in [4.78, 5) is 16.8. The van der Waals surface area contributed by atoms with Crippen LogP contribution in [0.15, 0.2) is 42.5 Å². The van der Waals surface area contributed by atoms with Crippen LogP contribution in [0.1, 0.15) is 53.2 Å². The standard InChI is InChI=1S/C22H22ClNO/c1-5-14(3)16-6-8-17(9-7-16)20-12-19(22(23)25)18-11-13(2)10-15(4)21(18)24-20/h6-12,14H,5H2,1-4H3/t14-/m1/s1. The van der Waals surface area contributed by atoms with Crippen LogP contribution in [0.4, 0.5) is 0 Å².